The Hall–Kier alpha value is -1.68. The molecule has 2 aromatic heterocycles. The average molecular weight is 189 g/mol. The molecule has 0 spiro atoms. The summed E-state index contributed by atoms with van der Waals surface area (Å²) in [5.74, 6) is 0. The first-order valence-electron chi connectivity index (χ1n) is 4.47. The van der Waals surface area contributed by atoms with Crippen LogP contribution in [0.2, 0.25) is 0 Å². The van der Waals surface area contributed by atoms with Crippen LogP contribution in [0.15, 0.2) is 30.7 Å². The van der Waals surface area contributed by atoms with Crippen molar-refractivity contribution >= 4 is 11.7 Å². The Morgan fingerprint density at radius 3 is 3.29 bits per heavy atom. The predicted octanol–water partition coefficient (Wildman–Crippen LogP) is 1.12. The highest BCUT2D eigenvalue weighted by Crippen LogP contribution is 2.08. The first-order valence-corrected chi connectivity index (χ1v) is 4.47. The molecule has 0 aliphatic heterocycles. The summed E-state index contributed by atoms with van der Waals surface area (Å²) < 4.78 is 1.72. The Kier molecular flexibility index (Phi) is 2.55. The molecule has 0 aliphatic rings. The lowest BCUT2D eigenvalue weighted by Gasteiger charge is -1.90. The number of fused-ring (bicyclic) bond motifs is 1. The molecule has 4 nitrogen and oxygen atoms in total. The lowest BCUT2D eigenvalue weighted by molar-refractivity contribution is 0.303. The first kappa shape index (κ1) is 8.90. The molecule has 0 unspecified atom stereocenters. The van der Waals surface area contributed by atoms with E-state index in [1.807, 2.05) is 24.4 Å². The van der Waals surface area contributed by atoms with Crippen LogP contribution < -0.4 is 0 Å². The molecular formula is C10H11N3O. The normalized spacial score (nSPS) is 11.5. The fourth-order valence-electron chi connectivity index (χ4n) is 1.25. The van der Waals surface area contributed by atoms with Crippen LogP contribution in [0.5, 0.6) is 0 Å². The van der Waals surface area contributed by atoms with E-state index in [1.54, 1.807) is 16.9 Å². The summed E-state index contributed by atoms with van der Waals surface area (Å²) in [6.07, 6.45) is 9.84. The lowest BCUT2D eigenvalue weighted by Crippen LogP contribution is -1.87. The van der Waals surface area contributed by atoms with Crippen molar-refractivity contribution in [2.24, 2.45) is 0 Å². The summed E-state index contributed by atoms with van der Waals surface area (Å²) in [4.78, 5) is 4.21. The minimum atomic E-state index is 0.170. The smallest absolute Gasteiger partial charge is 0.162 e. The minimum Gasteiger partial charge on any atom is -0.396 e. The van der Waals surface area contributed by atoms with Gasteiger partial charge in [-0.15, -0.1) is 0 Å². The van der Waals surface area contributed by atoms with Crippen molar-refractivity contribution in [3.05, 3.63) is 36.3 Å². The van der Waals surface area contributed by atoms with Gasteiger partial charge < -0.3 is 5.11 Å². The van der Waals surface area contributed by atoms with Crippen LogP contribution in [0, 0.1) is 0 Å². The van der Waals surface area contributed by atoms with Gasteiger partial charge in [0.25, 0.3) is 0 Å². The van der Waals surface area contributed by atoms with E-state index in [2.05, 4.69) is 10.1 Å². The van der Waals surface area contributed by atoms with Gasteiger partial charge in [-0.25, -0.2) is 9.50 Å². The highest BCUT2D eigenvalue weighted by Gasteiger charge is 1.99. The van der Waals surface area contributed by atoms with Crippen LogP contribution in [0.4, 0.5) is 0 Å². The number of rotatable bonds is 3. The zero-order chi connectivity index (χ0) is 9.80. The van der Waals surface area contributed by atoms with Gasteiger partial charge in [-0.3, -0.25) is 0 Å². The molecule has 0 amide bonds. The van der Waals surface area contributed by atoms with E-state index >= 15 is 0 Å². The average Bonchev–Trinajstić information content (AvgIpc) is 2.63. The third kappa shape index (κ3) is 1.65. The van der Waals surface area contributed by atoms with Crippen molar-refractivity contribution < 1.29 is 5.11 Å². The number of hydrogen-bond donors (Lipinski definition) is 1. The van der Waals surface area contributed by atoms with E-state index < -0.39 is 0 Å². The molecule has 1 N–H and O–H groups in total. The summed E-state index contributed by atoms with van der Waals surface area (Å²) >= 11 is 0. The molecule has 4 heteroatoms. The van der Waals surface area contributed by atoms with Crippen molar-refractivity contribution in [2.45, 2.75) is 6.42 Å². The fourth-order valence-corrected chi connectivity index (χ4v) is 1.25. The van der Waals surface area contributed by atoms with E-state index in [9.17, 15) is 0 Å². The van der Waals surface area contributed by atoms with Gasteiger partial charge in [0.15, 0.2) is 5.65 Å². The molecule has 0 saturated carbocycles. The summed E-state index contributed by atoms with van der Waals surface area (Å²) in [6, 6.07) is 1.83. The molecule has 0 radical (unpaired) electrons. The minimum absolute atomic E-state index is 0.170. The lowest BCUT2D eigenvalue weighted by atomic mass is 10.3. The number of aromatic nitrogens is 3. The van der Waals surface area contributed by atoms with Crippen molar-refractivity contribution in [3.63, 3.8) is 0 Å². The molecule has 72 valence electrons. The van der Waals surface area contributed by atoms with Crippen molar-refractivity contribution in [1.29, 1.82) is 0 Å². The highest BCUT2D eigenvalue weighted by molar-refractivity contribution is 5.64. The molecule has 0 fully saturated rings. The number of hydrogen-bond acceptors (Lipinski definition) is 3. The monoisotopic (exact) mass is 189 g/mol. The summed E-state index contributed by atoms with van der Waals surface area (Å²) in [6.45, 7) is 0.170. The van der Waals surface area contributed by atoms with E-state index in [1.165, 1.54) is 0 Å². The Balaban J connectivity index is 2.34. The van der Waals surface area contributed by atoms with Crippen LogP contribution in [0.25, 0.3) is 11.7 Å². The van der Waals surface area contributed by atoms with Gasteiger partial charge in [-0.1, -0.05) is 12.2 Å². The van der Waals surface area contributed by atoms with E-state index in [4.69, 9.17) is 5.11 Å². The van der Waals surface area contributed by atoms with E-state index in [0.717, 1.165) is 11.2 Å². The van der Waals surface area contributed by atoms with Crippen LogP contribution in [0.1, 0.15) is 12.0 Å². The molecule has 0 atom stereocenters. The molecule has 2 aromatic rings. The maximum atomic E-state index is 8.62. The Morgan fingerprint density at radius 1 is 1.50 bits per heavy atom. The van der Waals surface area contributed by atoms with Gasteiger partial charge in [0.1, 0.15) is 0 Å². The molecule has 0 aromatic carbocycles. The van der Waals surface area contributed by atoms with E-state index in [-0.39, 0.29) is 6.61 Å². The van der Waals surface area contributed by atoms with Gasteiger partial charge in [0.2, 0.25) is 0 Å². The third-order valence-electron chi connectivity index (χ3n) is 1.90. The summed E-state index contributed by atoms with van der Waals surface area (Å²) in [5.41, 5.74) is 1.81. The van der Waals surface area contributed by atoms with Gasteiger partial charge in [-0.05, 0) is 12.5 Å². The van der Waals surface area contributed by atoms with Gasteiger partial charge in [-0.2, -0.15) is 5.10 Å². The maximum absolute atomic E-state index is 8.62. The molecule has 0 aliphatic carbocycles. The van der Waals surface area contributed by atoms with Crippen LogP contribution in [0.3, 0.4) is 0 Å². The van der Waals surface area contributed by atoms with Crippen molar-refractivity contribution in [3.8, 4) is 0 Å². The van der Waals surface area contributed by atoms with E-state index in [0.29, 0.717) is 6.42 Å². The van der Waals surface area contributed by atoms with Crippen LogP contribution in [-0.4, -0.2) is 26.3 Å². The molecule has 2 heterocycles. The van der Waals surface area contributed by atoms with Gasteiger partial charge >= 0.3 is 0 Å². The SMILES string of the molecule is OCCC=Cc1cnn2cccnc12. The quantitative estimate of drug-likeness (QED) is 0.787. The maximum Gasteiger partial charge on any atom is 0.162 e. The number of aliphatic hydroxyl groups excluding tert-OH is 1. The predicted molar refractivity (Wildman–Crippen MR) is 53.7 cm³/mol. The number of nitrogens with zero attached hydrogens (tertiary/aromatic N) is 3. The van der Waals surface area contributed by atoms with Crippen LogP contribution in [-0.2, 0) is 0 Å². The molecule has 2 rings (SSSR count). The second kappa shape index (κ2) is 4.02. The molecule has 0 saturated heterocycles. The highest BCUT2D eigenvalue weighted by atomic mass is 16.2. The van der Waals surface area contributed by atoms with Crippen LogP contribution >= 0.6 is 0 Å². The molecular weight excluding hydrogens is 178 g/mol. The van der Waals surface area contributed by atoms with Crippen molar-refractivity contribution in [2.75, 3.05) is 6.61 Å². The first-order chi connectivity index (χ1) is 6.92. The third-order valence-corrected chi connectivity index (χ3v) is 1.90. The second-order valence-electron chi connectivity index (χ2n) is 2.90. The largest absolute Gasteiger partial charge is 0.396 e. The Labute approximate surface area is 81.5 Å². The summed E-state index contributed by atoms with van der Waals surface area (Å²) in [5, 5.41) is 12.8. The number of aliphatic hydroxyl groups is 1. The summed E-state index contributed by atoms with van der Waals surface area (Å²) in [7, 11) is 0. The second-order valence-corrected chi connectivity index (χ2v) is 2.90. The van der Waals surface area contributed by atoms with Crippen molar-refractivity contribution in [1.82, 2.24) is 14.6 Å². The van der Waals surface area contributed by atoms with Gasteiger partial charge in [0.05, 0.1) is 6.20 Å². The Bertz CT molecular complexity index is 447. The standard InChI is InChI=1S/C10H11N3O/c14-7-2-1-4-9-8-12-13-6-3-5-11-10(9)13/h1,3-6,8,14H,2,7H2. The zero-order valence-electron chi connectivity index (χ0n) is 7.67. The Morgan fingerprint density at radius 2 is 2.43 bits per heavy atom. The zero-order valence-corrected chi connectivity index (χ0v) is 7.67. The molecule has 0 bridgehead atoms. The molecule has 14 heavy (non-hydrogen) atoms. The van der Waals surface area contributed by atoms with Gasteiger partial charge in [0, 0.05) is 24.6 Å². The topological polar surface area (TPSA) is 50.4 Å². The fraction of sp³-hybridized carbons (Fsp3) is 0.200.